The molecule has 0 heterocycles. The molecule has 4 amide bonds. The molecule has 1 aromatic carbocycles. The first-order valence-electron chi connectivity index (χ1n) is 13.3. The maximum Gasteiger partial charge on any atom is 0.408 e. The van der Waals surface area contributed by atoms with Crippen molar-refractivity contribution >= 4 is 23.8 Å². The quantitative estimate of drug-likeness (QED) is 0.344. The minimum Gasteiger partial charge on any atom is -0.444 e. The summed E-state index contributed by atoms with van der Waals surface area (Å²) in [6.45, 7) is 11.7. The van der Waals surface area contributed by atoms with E-state index in [1.807, 2.05) is 38.1 Å². The van der Waals surface area contributed by atoms with Crippen molar-refractivity contribution in [2.45, 2.75) is 104 Å². The summed E-state index contributed by atoms with van der Waals surface area (Å²) in [5.74, 6) is -1.08. The Morgan fingerprint density at radius 2 is 1.86 bits per heavy atom. The molecule has 4 unspecified atom stereocenters. The van der Waals surface area contributed by atoms with Crippen molar-refractivity contribution < 1.29 is 23.9 Å². The number of carbonyl (C=O) groups excluding carboxylic acids is 4. The van der Waals surface area contributed by atoms with Crippen LogP contribution in [0.5, 0.6) is 0 Å². The van der Waals surface area contributed by atoms with Gasteiger partial charge in [-0.05, 0) is 58.4 Å². The number of alkyl carbamates (subject to hydrolysis) is 1. The maximum atomic E-state index is 14.1. The summed E-state index contributed by atoms with van der Waals surface area (Å²) in [7, 11) is 0. The Balaban J connectivity index is 2.44. The molecule has 1 saturated carbocycles. The van der Waals surface area contributed by atoms with Gasteiger partial charge >= 0.3 is 6.09 Å². The number of nitrogens with zero attached hydrogens (tertiary/aromatic N) is 1. The number of rotatable bonds is 13. The first-order valence-corrected chi connectivity index (χ1v) is 13.3. The fraction of sp³-hybridized carbons (Fsp3) is 0.643. The van der Waals surface area contributed by atoms with Crippen molar-refractivity contribution in [3.63, 3.8) is 0 Å². The van der Waals surface area contributed by atoms with E-state index in [0.717, 1.165) is 31.2 Å². The second kappa shape index (κ2) is 13.4. The van der Waals surface area contributed by atoms with Crippen molar-refractivity contribution in [3.8, 4) is 0 Å². The minimum atomic E-state index is -1.07. The molecule has 1 aromatic rings. The van der Waals surface area contributed by atoms with Gasteiger partial charge in [-0.3, -0.25) is 14.4 Å². The molecule has 4 atom stereocenters. The van der Waals surface area contributed by atoms with Crippen molar-refractivity contribution in [2.24, 2.45) is 11.7 Å². The van der Waals surface area contributed by atoms with Crippen LogP contribution in [0.15, 0.2) is 24.3 Å². The Hall–Kier alpha value is -3.10. The Morgan fingerprint density at radius 1 is 1.19 bits per heavy atom. The Morgan fingerprint density at radius 3 is 2.41 bits per heavy atom. The highest BCUT2D eigenvalue weighted by Crippen LogP contribution is 2.41. The largest absolute Gasteiger partial charge is 0.444 e. The molecule has 1 fully saturated rings. The van der Waals surface area contributed by atoms with Crippen LogP contribution >= 0.6 is 0 Å². The van der Waals surface area contributed by atoms with Crippen molar-refractivity contribution in [2.75, 3.05) is 6.54 Å². The number of unbranched alkanes of at least 4 members (excludes halogenated alkanes) is 2. The maximum absolute atomic E-state index is 14.1. The third-order valence-electron chi connectivity index (χ3n) is 6.31. The van der Waals surface area contributed by atoms with Crippen LogP contribution in [0.1, 0.15) is 90.3 Å². The van der Waals surface area contributed by atoms with Gasteiger partial charge in [0.05, 0.1) is 0 Å². The van der Waals surface area contributed by atoms with Crippen LogP contribution < -0.4 is 16.4 Å². The normalized spacial score (nSPS) is 18.3. The van der Waals surface area contributed by atoms with E-state index >= 15 is 0 Å². The van der Waals surface area contributed by atoms with Gasteiger partial charge in [0.25, 0.3) is 0 Å². The lowest BCUT2D eigenvalue weighted by Crippen LogP contribution is -2.54. The lowest BCUT2D eigenvalue weighted by atomic mass is 9.99. The summed E-state index contributed by atoms with van der Waals surface area (Å²) in [4.78, 5) is 53.5. The number of hydrogen-bond donors (Lipinski definition) is 3. The van der Waals surface area contributed by atoms with Crippen molar-refractivity contribution in [1.82, 2.24) is 15.5 Å². The number of nitrogens with two attached hydrogens (primary N) is 1. The molecule has 37 heavy (non-hydrogen) atoms. The molecule has 0 bridgehead atoms. The lowest BCUT2D eigenvalue weighted by Gasteiger charge is -2.35. The van der Waals surface area contributed by atoms with Gasteiger partial charge in [0, 0.05) is 19.0 Å². The zero-order valence-electron chi connectivity index (χ0n) is 23.1. The SMILES string of the molecule is CCCCCNC(=O)C(c1cccc(C)c1)N(C(=O)C(CCC(N)=O)NC(=O)OC(C)(C)C)C1CC1C. The molecule has 206 valence electrons. The van der Waals surface area contributed by atoms with Gasteiger partial charge in [0.2, 0.25) is 17.7 Å². The average Bonchev–Trinajstić information content (AvgIpc) is 3.51. The fourth-order valence-electron chi connectivity index (χ4n) is 4.31. The molecule has 4 N–H and O–H groups in total. The van der Waals surface area contributed by atoms with Gasteiger partial charge in [0.15, 0.2) is 0 Å². The summed E-state index contributed by atoms with van der Waals surface area (Å²) in [6, 6.07) is 5.43. The highest BCUT2D eigenvalue weighted by atomic mass is 16.6. The first-order chi connectivity index (χ1) is 17.3. The zero-order chi connectivity index (χ0) is 27.8. The Labute approximate surface area is 220 Å². The molecule has 0 radical (unpaired) electrons. The first kappa shape index (κ1) is 30.1. The van der Waals surface area contributed by atoms with Gasteiger partial charge in [-0.2, -0.15) is 0 Å². The molecule has 1 aliphatic rings. The van der Waals surface area contributed by atoms with E-state index in [1.54, 1.807) is 25.7 Å². The van der Waals surface area contributed by atoms with Crippen LogP contribution in [0.25, 0.3) is 0 Å². The molecule has 0 saturated heterocycles. The van der Waals surface area contributed by atoms with Crippen LogP contribution in [0.4, 0.5) is 4.79 Å². The highest BCUT2D eigenvalue weighted by molar-refractivity contribution is 5.93. The lowest BCUT2D eigenvalue weighted by molar-refractivity contribution is -0.143. The Bertz CT molecular complexity index is 958. The number of ether oxygens (including phenoxy) is 1. The third-order valence-corrected chi connectivity index (χ3v) is 6.31. The third kappa shape index (κ3) is 9.70. The number of primary amides is 1. The molecular weight excluding hydrogens is 472 g/mol. The van der Waals surface area contributed by atoms with Crippen LogP contribution in [-0.4, -0.2) is 52.9 Å². The summed E-state index contributed by atoms with van der Waals surface area (Å²) in [5.41, 5.74) is 6.27. The van der Waals surface area contributed by atoms with E-state index in [2.05, 4.69) is 17.6 Å². The molecule has 0 aliphatic heterocycles. The van der Waals surface area contributed by atoms with Crippen molar-refractivity contribution in [1.29, 1.82) is 0 Å². The zero-order valence-corrected chi connectivity index (χ0v) is 23.1. The monoisotopic (exact) mass is 516 g/mol. The molecule has 2 rings (SSSR count). The fourth-order valence-corrected chi connectivity index (χ4v) is 4.31. The van der Waals surface area contributed by atoms with Gasteiger partial charge in [-0.1, -0.05) is 56.5 Å². The number of carbonyl (C=O) groups is 4. The highest BCUT2D eigenvalue weighted by Gasteiger charge is 2.48. The predicted molar refractivity (Wildman–Crippen MR) is 142 cm³/mol. The molecule has 9 nitrogen and oxygen atoms in total. The average molecular weight is 517 g/mol. The number of benzene rings is 1. The van der Waals surface area contributed by atoms with E-state index < -0.39 is 35.6 Å². The van der Waals surface area contributed by atoms with Crippen LogP contribution in [0, 0.1) is 12.8 Å². The summed E-state index contributed by atoms with van der Waals surface area (Å²) < 4.78 is 5.37. The van der Waals surface area contributed by atoms with Crippen molar-refractivity contribution in [3.05, 3.63) is 35.4 Å². The van der Waals surface area contributed by atoms with Gasteiger partial charge < -0.3 is 26.0 Å². The second-order valence-corrected chi connectivity index (χ2v) is 11.0. The molecular formula is C28H44N4O5. The topological polar surface area (TPSA) is 131 Å². The second-order valence-electron chi connectivity index (χ2n) is 11.0. The van der Waals surface area contributed by atoms with E-state index in [-0.39, 0.29) is 30.7 Å². The van der Waals surface area contributed by atoms with E-state index in [0.29, 0.717) is 12.1 Å². The number of nitrogens with one attached hydrogen (secondary N) is 2. The molecule has 0 aromatic heterocycles. The number of hydrogen-bond acceptors (Lipinski definition) is 5. The smallest absolute Gasteiger partial charge is 0.408 e. The summed E-state index contributed by atoms with van der Waals surface area (Å²) >= 11 is 0. The summed E-state index contributed by atoms with van der Waals surface area (Å²) in [5, 5.41) is 5.64. The van der Waals surface area contributed by atoms with Gasteiger partial charge in [-0.15, -0.1) is 0 Å². The molecule has 0 spiro atoms. The van der Waals surface area contributed by atoms with Crippen LogP contribution in [-0.2, 0) is 19.1 Å². The standard InChI is InChI=1S/C28H44N4O5/c1-7-8-9-15-30-25(34)24(20-12-10-11-18(2)16-20)32(22-17-19(22)3)26(35)21(13-14-23(29)33)31-27(36)37-28(4,5)6/h10-12,16,19,21-22,24H,7-9,13-15,17H2,1-6H3,(H2,29,33)(H,30,34)(H,31,36). The Kier molecular flexibility index (Phi) is 10.9. The number of amides is 4. The summed E-state index contributed by atoms with van der Waals surface area (Å²) in [6.07, 6.45) is 2.74. The molecule has 1 aliphatic carbocycles. The molecule has 9 heteroatoms. The van der Waals surface area contributed by atoms with Gasteiger partial charge in [-0.25, -0.2) is 4.79 Å². The van der Waals surface area contributed by atoms with Gasteiger partial charge in [0.1, 0.15) is 17.7 Å². The van der Waals surface area contributed by atoms with Crippen LogP contribution in [0.2, 0.25) is 0 Å². The van der Waals surface area contributed by atoms with Crippen LogP contribution in [0.3, 0.4) is 0 Å². The van der Waals surface area contributed by atoms with E-state index in [1.165, 1.54) is 0 Å². The number of aryl methyl sites for hydroxylation is 1. The predicted octanol–water partition coefficient (Wildman–Crippen LogP) is 3.74. The minimum absolute atomic E-state index is 0.00364. The van der Waals surface area contributed by atoms with E-state index in [9.17, 15) is 19.2 Å². The van der Waals surface area contributed by atoms with E-state index in [4.69, 9.17) is 10.5 Å².